The van der Waals surface area contributed by atoms with Crippen LogP contribution in [-0.4, -0.2) is 24.0 Å². The second kappa shape index (κ2) is 7.56. The minimum atomic E-state index is -0.452. The Labute approximate surface area is 135 Å². The Balaban J connectivity index is 2.12. The van der Waals surface area contributed by atoms with Gasteiger partial charge in [-0.1, -0.05) is 26.0 Å². The lowest BCUT2D eigenvalue weighted by molar-refractivity contribution is -0.125. The summed E-state index contributed by atoms with van der Waals surface area (Å²) < 4.78 is 0.499. The summed E-state index contributed by atoms with van der Waals surface area (Å²) in [6.07, 6.45) is 1.53. The predicted octanol–water partition coefficient (Wildman–Crippen LogP) is 3.87. The van der Waals surface area contributed by atoms with Crippen LogP contribution in [0.3, 0.4) is 0 Å². The van der Waals surface area contributed by atoms with Crippen molar-refractivity contribution >= 4 is 35.1 Å². The van der Waals surface area contributed by atoms with E-state index in [0.29, 0.717) is 11.1 Å². The molecule has 5 heteroatoms. The minimum absolute atomic E-state index is 0.0406. The number of hydrogen-bond donors (Lipinski definition) is 2. The molecule has 1 aromatic rings. The summed E-state index contributed by atoms with van der Waals surface area (Å²) in [4.78, 5) is 12.6. The molecule has 3 nitrogen and oxygen atoms in total. The average molecular weight is 325 g/mol. The molecule has 3 N–H and O–H groups in total. The van der Waals surface area contributed by atoms with E-state index in [1.807, 2.05) is 49.5 Å². The average Bonchev–Trinajstić information content (AvgIpc) is 3.04. The summed E-state index contributed by atoms with van der Waals surface area (Å²) in [5.74, 6) is 2.45. The normalized spacial score (nSPS) is 16.1. The van der Waals surface area contributed by atoms with Crippen LogP contribution in [0.1, 0.15) is 36.8 Å². The van der Waals surface area contributed by atoms with E-state index in [4.69, 9.17) is 5.73 Å². The van der Waals surface area contributed by atoms with Crippen molar-refractivity contribution in [3.8, 4) is 0 Å². The highest BCUT2D eigenvalue weighted by Gasteiger charge is 2.33. The summed E-state index contributed by atoms with van der Waals surface area (Å²) in [6, 6.07) is 8.21. The second-order valence-corrected chi connectivity index (χ2v) is 8.07. The highest BCUT2D eigenvalue weighted by molar-refractivity contribution is 8.19. The number of hydrogen-bond acceptors (Lipinski definition) is 4. The van der Waals surface area contributed by atoms with Crippen LogP contribution in [0.15, 0.2) is 24.3 Å². The molecule has 1 aliphatic heterocycles. The van der Waals surface area contributed by atoms with E-state index in [1.54, 1.807) is 0 Å². The summed E-state index contributed by atoms with van der Waals surface area (Å²) in [5.41, 5.74) is 7.56. The molecular weight excluding hydrogens is 300 g/mol. The summed E-state index contributed by atoms with van der Waals surface area (Å²) in [7, 11) is 0. The van der Waals surface area contributed by atoms with Crippen molar-refractivity contribution in [1.29, 1.82) is 0 Å². The van der Waals surface area contributed by atoms with Crippen molar-refractivity contribution in [2.45, 2.75) is 31.3 Å². The van der Waals surface area contributed by atoms with Gasteiger partial charge in [-0.3, -0.25) is 4.79 Å². The Morgan fingerprint density at radius 1 is 1.33 bits per heavy atom. The largest absolute Gasteiger partial charge is 0.329 e. The van der Waals surface area contributed by atoms with Gasteiger partial charge in [0, 0.05) is 23.7 Å². The zero-order valence-corrected chi connectivity index (χ0v) is 14.4. The first-order chi connectivity index (χ1) is 10.1. The molecule has 0 aromatic heterocycles. The molecule has 1 fully saturated rings. The van der Waals surface area contributed by atoms with Crippen LogP contribution < -0.4 is 11.1 Å². The second-order valence-electron chi connectivity index (χ2n) is 5.34. The number of anilines is 1. The maximum atomic E-state index is 12.6. The third kappa shape index (κ3) is 3.76. The zero-order valence-electron chi connectivity index (χ0n) is 12.7. The molecule has 2 rings (SSSR count). The predicted molar refractivity (Wildman–Crippen MR) is 94.8 cm³/mol. The number of carbonyl (C=O) groups is 1. The number of thioether (sulfide) groups is 2. The van der Waals surface area contributed by atoms with E-state index in [2.05, 4.69) is 17.4 Å². The molecule has 1 aromatic carbocycles. The highest BCUT2D eigenvalue weighted by Crippen LogP contribution is 2.45. The fraction of sp³-hybridized carbons (Fsp3) is 0.562. The Kier molecular flexibility index (Phi) is 6.02. The van der Waals surface area contributed by atoms with Crippen molar-refractivity contribution in [1.82, 2.24) is 0 Å². The van der Waals surface area contributed by atoms with Crippen molar-refractivity contribution in [3.63, 3.8) is 0 Å². The molecule has 0 atom stereocenters. The van der Waals surface area contributed by atoms with E-state index in [-0.39, 0.29) is 5.91 Å². The lowest BCUT2D eigenvalue weighted by Gasteiger charge is -2.28. The van der Waals surface area contributed by atoms with Crippen molar-refractivity contribution in [2.75, 3.05) is 23.4 Å². The molecule has 1 heterocycles. The third-order valence-corrected chi connectivity index (χ3v) is 7.37. The molecule has 116 valence electrons. The highest BCUT2D eigenvalue weighted by atomic mass is 32.2. The molecule has 1 aliphatic rings. The summed E-state index contributed by atoms with van der Waals surface area (Å²) >= 11 is 3.94. The number of nitrogens with two attached hydrogens (primary N) is 1. The van der Waals surface area contributed by atoms with Crippen molar-refractivity contribution in [2.24, 2.45) is 11.1 Å². The monoisotopic (exact) mass is 324 g/mol. The third-order valence-electron chi connectivity index (χ3n) is 4.26. The van der Waals surface area contributed by atoms with Gasteiger partial charge in [0.15, 0.2) is 0 Å². The van der Waals surface area contributed by atoms with Gasteiger partial charge >= 0.3 is 0 Å². The van der Waals surface area contributed by atoms with E-state index < -0.39 is 5.41 Å². The minimum Gasteiger partial charge on any atom is -0.329 e. The maximum absolute atomic E-state index is 12.6. The molecule has 0 unspecified atom stereocenters. The van der Waals surface area contributed by atoms with Gasteiger partial charge in [0.2, 0.25) is 5.91 Å². The van der Waals surface area contributed by atoms with Gasteiger partial charge in [-0.25, -0.2) is 0 Å². The van der Waals surface area contributed by atoms with E-state index in [1.165, 1.54) is 17.1 Å². The molecular formula is C16H24N2OS2. The van der Waals surface area contributed by atoms with Gasteiger partial charge in [-0.05, 0) is 30.5 Å². The van der Waals surface area contributed by atoms with Crippen LogP contribution in [0.25, 0.3) is 0 Å². The van der Waals surface area contributed by atoms with Gasteiger partial charge in [0.05, 0.1) is 10.00 Å². The number of carbonyl (C=O) groups excluding carboxylic acids is 1. The van der Waals surface area contributed by atoms with Crippen LogP contribution in [0.2, 0.25) is 0 Å². The smallest absolute Gasteiger partial charge is 0.231 e. The first kappa shape index (κ1) is 16.7. The SMILES string of the molecule is CCC(CC)(CN)C(=O)Nc1cccc(C2SCCS2)c1. The van der Waals surface area contributed by atoms with Gasteiger partial charge in [0.1, 0.15) is 0 Å². The van der Waals surface area contributed by atoms with Crippen molar-refractivity contribution in [3.05, 3.63) is 29.8 Å². The molecule has 0 radical (unpaired) electrons. The fourth-order valence-corrected chi connectivity index (χ4v) is 5.37. The van der Waals surface area contributed by atoms with Crippen molar-refractivity contribution < 1.29 is 4.79 Å². The molecule has 0 aliphatic carbocycles. The maximum Gasteiger partial charge on any atom is 0.231 e. The standard InChI is InChI=1S/C16H24N2OS2/c1-3-16(4-2,11-17)15(19)18-13-7-5-6-12(10-13)14-20-8-9-21-14/h5-7,10,14H,3-4,8-9,11,17H2,1-2H3,(H,18,19). The number of nitrogens with one attached hydrogen (secondary N) is 1. The molecule has 21 heavy (non-hydrogen) atoms. The van der Waals surface area contributed by atoms with E-state index in [0.717, 1.165) is 18.5 Å². The summed E-state index contributed by atoms with van der Waals surface area (Å²) in [6.45, 7) is 4.44. The lowest BCUT2D eigenvalue weighted by Crippen LogP contribution is -2.41. The first-order valence-corrected chi connectivity index (χ1v) is 9.59. The number of rotatable bonds is 6. The molecule has 1 amide bonds. The van der Waals surface area contributed by atoms with Crippen LogP contribution in [0, 0.1) is 5.41 Å². The van der Waals surface area contributed by atoms with Crippen LogP contribution in [0.5, 0.6) is 0 Å². The Hall–Kier alpha value is -0.650. The topological polar surface area (TPSA) is 55.1 Å². The Bertz CT molecular complexity index is 475. The molecule has 1 saturated heterocycles. The van der Waals surface area contributed by atoms with Crippen LogP contribution in [-0.2, 0) is 4.79 Å². The van der Waals surface area contributed by atoms with Crippen LogP contribution in [0.4, 0.5) is 5.69 Å². The Morgan fingerprint density at radius 2 is 2.00 bits per heavy atom. The zero-order chi connectivity index (χ0) is 15.3. The quantitative estimate of drug-likeness (QED) is 0.834. The van der Waals surface area contributed by atoms with E-state index >= 15 is 0 Å². The van der Waals surface area contributed by atoms with Gasteiger partial charge in [0.25, 0.3) is 0 Å². The van der Waals surface area contributed by atoms with E-state index in [9.17, 15) is 4.79 Å². The van der Waals surface area contributed by atoms with Gasteiger partial charge < -0.3 is 11.1 Å². The van der Waals surface area contributed by atoms with Gasteiger partial charge in [-0.15, -0.1) is 23.5 Å². The number of amides is 1. The number of benzene rings is 1. The fourth-order valence-electron chi connectivity index (χ4n) is 2.53. The lowest BCUT2D eigenvalue weighted by atomic mass is 9.81. The van der Waals surface area contributed by atoms with Gasteiger partial charge in [-0.2, -0.15) is 0 Å². The first-order valence-electron chi connectivity index (χ1n) is 7.50. The summed E-state index contributed by atoms with van der Waals surface area (Å²) in [5, 5.41) is 3.06. The Morgan fingerprint density at radius 3 is 2.57 bits per heavy atom. The van der Waals surface area contributed by atoms with Crippen LogP contribution >= 0.6 is 23.5 Å². The molecule has 0 spiro atoms. The molecule has 0 saturated carbocycles. The molecule has 0 bridgehead atoms.